The van der Waals surface area contributed by atoms with Crippen molar-refractivity contribution >= 4 is 26.8 Å². The molecule has 1 fully saturated rings. The Balaban J connectivity index is 1.68. The molecule has 0 aliphatic carbocycles. The van der Waals surface area contributed by atoms with Crippen molar-refractivity contribution in [1.29, 1.82) is 0 Å². The summed E-state index contributed by atoms with van der Waals surface area (Å²) in [5.74, 6) is -0.0935. The van der Waals surface area contributed by atoms with E-state index in [9.17, 15) is 13.2 Å². The van der Waals surface area contributed by atoms with Crippen LogP contribution in [0.3, 0.4) is 0 Å². The first-order chi connectivity index (χ1) is 11.9. The molecule has 1 aliphatic heterocycles. The van der Waals surface area contributed by atoms with Crippen LogP contribution in [0.4, 0.5) is 0 Å². The number of nitrogens with one attached hydrogen (secondary N) is 1. The summed E-state index contributed by atoms with van der Waals surface area (Å²) in [6.45, 7) is 1.71. The quantitative estimate of drug-likeness (QED) is 0.853. The van der Waals surface area contributed by atoms with Crippen molar-refractivity contribution in [2.45, 2.75) is 25.7 Å². The van der Waals surface area contributed by atoms with Crippen LogP contribution in [0.1, 0.15) is 24.8 Å². The van der Waals surface area contributed by atoms with Gasteiger partial charge in [0.05, 0.1) is 12.8 Å². The number of H-pyrrole nitrogens is 1. The minimum absolute atomic E-state index is 0.0683. The van der Waals surface area contributed by atoms with E-state index in [-0.39, 0.29) is 12.5 Å². The Hall–Kier alpha value is -1.86. The highest BCUT2D eigenvalue weighted by molar-refractivity contribution is 7.88. The van der Waals surface area contributed by atoms with Gasteiger partial charge in [0, 0.05) is 36.7 Å². The van der Waals surface area contributed by atoms with E-state index in [2.05, 4.69) is 4.98 Å². The summed E-state index contributed by atoms with van der Waals surface area (Å²) < 4.78 is 25.5. The van der Waals surface area contributed by atoms with Crippen molar-refractivity contribution in [2.75, 3.05) is 32.4 Å². The molecule has 2 aromatic rings. The van der Waals surface area contributed by atoms with Crippen molar-refractivity contribution in [3.8, 4) is 0 Å². The zero-order valence-electron chi connectivity index (χ0n) is 14.6. The summed E-state index contributed by atoms with van der Waals surface area (Å²) in [4.78, 5) is 17.4. The Kier molecular flexibility index (Phi) is 5.44. The fraction of sp³-hybridized carbons (Fsp3) is 0.500. The van der Waals surface area contributed by atoms with E-state index in [0.29, 0.717) is 13.0 Å². The molecule has 0 atom stereocenters. The Morgan fingerprint density at radius 2 is 1.92 bits per heavy atom. The topological polar surface area (TPSA) is 73.5 Å². The second-order valence-electron chi connectivity index (χ2n) is 6.65. The SMILES string of the molecule is CS(=O)(=O)N(CCc1c[nH]c2ccccc12)CC(=O)N1CCCCC1. The largest absolute Gasteiger partial charge is 0.361 e. The van der Waals surface area contributed by atoms with Gasteiger partial charge in [-0.1, -0.05) is 18.2 Å². The Labute approximate surface area is 148 Å². The fourth-order valence-corrected chi connectivity index (χ4v) is 4.11. The Morgan fingerprint density at radius 3 is 2.64 bits per heavy atom. The average molecular weight is 363 g/mol. The minimum atomic E-state index is -3.43. The maximum absolute atomic E-state index is 12.4. The van der Waals surface area contributed by atoms with Crippen molar-refractivity contribution in [1.82, 2.24) is 14.2 Å². The number of aromatic amines is 1. The Bertz CT molecular complexity index is 838. The van der Waals surface area contributed by atoms with Crippen LogP contribution in [-0.4, -0.2) is 60.9 Å². The molecule has 1 N–H and O–H groups in total. The van der Waals surface area contributed by atoms with E-state index < -0.39 is 10.0 Å². The number of aromatic nitrogens is 1. The molecular formula is C18H25N3O3S. The van der Waals surface area contributed by atoms with Crippen LogP contribution in [0, 0.1) is 0 Å². The van der Waals surface area contributed by atoms with E-state index in [0.717, 1.165) is 48.8 Å². The van der Waals surface area contributed by atoms with E-state index in [1.807, 2.05) is 30.5 Å². The van der Waals surface area contributed by atoms with Gasteiger partial charge in [0.25, 0.3) is 0 Å². The number of carbonyl (C=O) groups excluding carboxylic acids is 1. The summed E-state index contributed by atoms with van der Waals surface area (Å²) >= 11 is 0. The number of carbonyl (C=O) groups is 1. The van der Waals surface area contributed by atoms with Gasteiger partial charge in [-0.15, -0.1) is 0 Å². The molecule has 0 unspecified atom stereocenters. The molecule has 1 saturated heterocycles. The number of rotatable bonds is 6. The van der Waals surface area contributed by atoms with Crippen molar-refractivity contribution in [3.63, 3.8) is 0 Å². The number of hydrogen-bond acceptors (Lipinski definition) is 3. The molecule has 1 aromatic heterocycles. The highest BCUT2D eigenvalue weighted by Gasteiger charge is 2.24. The van der Waals surface area contributed by atoms with Gasteiger partial charge in [-0.05, 0) is 37.3 Å². The van der Waals surface area contributed by atoms with Gasteiger partial charge in [0.2, 0.25) is 15.9 Å². The van der Waals surface area contributed by atoms with Crippen LogP contribution in [0.5, 0.6) is 0 Å². The molecule has 0 saturated carbocycles. The van der Waals surface area contributed by atoms with Crippen LogP contribution < -0.4 is 0 Å². The second kappa shape index (κ2) is 7.58. The van der Waals surface area contributed by atoms with Gasteiger partial charge in [0.15, 0.2) is 0 Å². The molecule has 0 spiro atoms. The monoisotopic (exact) mass is 363 g/mol. The molecule has 1 aromatic carbocycles. The lowest BCUT2D eigenvalue weighted by Crippen LogP contribution is -2.45. The number of likely N-dealkylation sites (tertiary alicyclic amines) is 1. The third-order valence-electron chi connectivity index (χ3n) is 4.79. The van der Waals surface area contributed by atoms with Gasteiger partial charge in [0.1, 0.15) is 0 Å². The van der Waals surface area contributed by atoms with Crippen molar-refractivity contribution in [3.05, 3.63) is 36.0 Å². The van der Waals surface area contributed by atoms with Crippen LogP contribution in [0.2, 0.25) is 0 Å². The summed E-state index contributed by atoms with van der Waals surface area (Å²) in [6.07, 6.45) is 6.80. The van der Waals surface area contributed by atoms with Gasteiger partial charge in [-0.2, -0.15) is 4.31 Å². The zero-order valence-corrected chi connectivity index (χ0v) is 15.4. The number of fused-ring (bicyclic) bond motifs is 1. The van der Waals surface area contributed by atoms with Gasteiger partial charge in [-0.25, -0.2) is 8.42 Å². The number of amides is 1. The maximum Gasteiger partial charge on any atom is 0.237 e. The first kappa shape index (κ1) is 17.9. The van der Waals surface area contributed by atoms with Crippen molar-refractivity contribution < 1.29 is 13.2 Å². The van der Waals surface area contributed by atoms with Gasteiger partial charge >= 0.3 is 0 Å². The zero-order chi connectivity index (χ0) is 17.9. The molecule has 25 heavy (non-hydrogen) atoms. The summed E-state index contributed by atoms with van der Waals surface area (Å²) in [5, 5.41) is 1.10. The lowest BCUT2D eigenvalue weighted by molar-refractivity contribution is -0.132. The molecule has 0 bridgehead atoms. The van der Waals surface area contributed by atoms with Gasteiger partial charge in [-0.3, -0.25) is 4.79 Å². The first-order valence-corrected chi connectivity index (χ1v) is 10.6. The molecule has 136 valence electrons. The summed E-state index contributed by atoms with van der Waals surface area (Å²) in [6, 6.07) is 7.94. The minimum Gasteiger partial charge on any atom is -0.361 e. The summed E-state index contributed by atoms with van der Waals surface area (Å²) in [7, 11) is -3.43. The van der Waals surface area contributed by atoms with E-state index in [1.54, 1.807) is 4.90 Å². The summed E-state index contributed by atoms with van der Waals surface area (Å²) in [5.41, 5.74) is 2.10. The predicted octanol–water partition coefficient (Wildman–Crippen LogP) is 1.98. The third kappa shape index (κ3) is 4.41. The normalized spacial score (nSPS) is 15.8. The maximum atomic E-state index is 12.4. The molecule has 3 rings (SSSR count). The second-order valence-corrected chi connectivity index (χ2v) is 8.63. The van der Waals surface area contributed by atoms with Crippen LogP contribution in [-0.2, 0) is 21.2 Å². The highest BCUT2D eigenvalue weighted by atomic mass is 32.2. The number of piperidine rings is 1. The molecule has 7 heteroatoms. The van der Waals surface area contributed by atoms with Gasteiger partial charge < -0.3 is 9.88 Å². The lowest BCUT2D eigenvalue weighted by Gasteiger charge is -2.29. The highest BCUT2D eigenvalue weighted by Crippen LogP contribution is 2.19. The molecular weight excluding hydrogens is 338 g/mol. The standard InChI is InChI=1S/C18H25N3O3S/c1-25(23,24)21(14-18(22)20-10-5-2-6-11-20)12-9-15-13-19-17-8-4-3-7-16(15)17/h3-4,7-8,13,19H,2,5-6,9-12,14H2,1H3. The van der Waals surface area contributed by atoms with E-state index >= 15 is 0 Å². The van der Waals surface area contributed by atoms with E-state index in [4.69, 9.17) is 0 Å². The van der Waals surface area contributed by atoms with Crippen LogP contribution in [0.15, 0.2) is 30.5 Å². The number of benzene rings is 1. The molecule has 2 heterocycles. The first-order valence-electron chi connectivity index (χ1n) is 8.73. The van der Waals surface area contributed by atoms with Crippen LogP contribution >= 0.6 is 0 Å². The number of hydrogen-bond donors (Lipinski definition) is 1. The molecule has 6 nitrogen and oxygen atoms in total. The molecule has 1 aliphatic rings. The molecule has 0 radical (unpaired) electrons. The fourth-order valence-electron chi connectivity index (χ4n) is 3.34. The smallest absolute Gasteiger partial charge is 0.237 e. The van der Waals surface area contributed by atoms with Crippen molar-refractivity contribution in [2.24, 2.45) is 0 Å². The number of para-hydroxylation sites is 1. The Morgan fingerprint density at radius 1 is 1.20 bits per heavy atom. The number of nitrogens with zero attached hydrogens (tertiary/aromatic N) is 2. The van der Waals surface area contributed by atoms with Crippen LogP contribution in [0.25, 0.3) is 10.9 Å². The average Bonchev–Trinajstić information content (AvgIpc) is 3.01. The predicted molar refractivity (Wildman–Crippen MR) is 98.9 cm³/mol. The number of sulfonamides is 1. The van der Waals surface area contributed by atoms with E-state index in [1.165, 1.54) is 10.6 Å². The molecule has 1 amide bonds. The lowest BCUT2D eigenvalue weighted by atomic mass is 10.1. The third-order valence-corrected chi connectivity index (χ3v) is 6.04.